The number of anilines is 1. The van der Waals surface area contributed by atoms with Crippen LogP contribution in [0.3, 0.4) is 0 Å². The van der Waals surface area contributed by atoms with Crippen LogP contribution in [0.4, 0.5) is 5.95 Å². The Labute approximate surface area is 159 Å². The van der Waals surface area contributed by atoms with Gasteiger partial charge < -0.3 is 9.64 Å². The van der Waals surface area contributed by atoms with Gasteiger partial charge in [-0.3, -0.25) is 9.80 Å². The molecule has 2 fully saturated rings. The van der Waals surface area contributed by atoms with E-state index in [1.165, 1.54) is 12.8 Å². The predicted octanol–water partition coefficient (Wildman–Crippen LogP) is 2.43. The first kappa shape index (κ1) is 19.2. The summed E-state index contributed by atoms with van der Waals surface area (Å²) < 4.78 is 5.54. The maximum Gasteiger partial charge on any atom is 0.228 e. The van der Waals surface area contributed by atoms with Crippen LogP contribution < -0.4 is 4.90 Å². The summed E-state index contributed by atoms with van der Waals surface area (Å²) in [6.45, 7) is 9.92. The molecule has 1 aromatic heterocycles. The molecule has 0 aliphatic carbocycles. The summed E-state index contributed by atoms with van der Waals surface area (Å²) in [7, 11) is 0. The third-order valence-electron chi connectivity index (χ3n) is 4.91. The highest BCUT2D eigenvalue weighted by Crippen LogP contribution is 2.27. The van der Waals surface area contributed by atoms with Gasteiger partial charge in [-0.25, -0.2) is 4.98 Å². The van der Waals surface area contributed by atoms with Gasteiger partial charge in [0.25, 0.3) is 0 Å². The Morgan fingerprint density at radius 2 is 2.08 bits per heavy atom. The van der Waals surface area contributed by atoms with Crippen molar-refractivity contribution in [3.63, 3.8) is 0 Å². The van der Waals surface area contributed by atoms with Crippen LogP contribution in [-0.2, 0) is 4.74 Å². The maximum atomic E-state index is 6.34. The Bertz CT molecular complexity index is 558. The van der Waals surface area contributed by atoms with Gasteiger partial charge >= 0.3 is 0 Å². The van der Waals surface area contributed by atoms with E-state index in [9.17, 15) is 0 Å². The van der Waals surface area contributed by atoms with E-state index in [0.29, 0.717) is 5.15 Å². The molecule has 1 aromatic rings. The molecule has 1 atom stereocenters. The Morgan fingerprint density at radius 1 is 1.28 bits per heavy atom. The third-order valence-corrected chi connectivity index (χ3v) is 6.05. The number of hydrogen-bond donors (Lipinski definition) is 0. The van der Waals surface area contributed by atoms with Gasteiger partial charge in [-0.1, -0.05) is 24.9 Å². The minimum Gasteiger partial charge on any atom is -0.379 e. The van der Waals surface area contributed by atoms with E-state index in [1.807, 2.05) is 12.5 Å². The quantitative estimate of drug-likeness (QED) is 0.550. The number of hydrogen-bond acceptors (Lipinski definition) is 7. The minimum atomic E-state index is 0.283. The SMILES string of the molecule is CCCCN1CCN(c2ncc(SC)c(Cl)n2)C(N2CCOCC2)C1. The predicted molar refractivity (Wildman–Crippen MR) is 104 cm³/mol. The van der Waals surface area contributed by atoms with E-state index >= 15 is 0 Å². The monoisotopic (exact) mass is 385 g/mol. The Hall–Kier alpha value is -0.600. The molecular formula is C17H28ClN5OS. The van der Waals surface area contributed by atoms with Crippen molar-refractivity contribution in [1.82, 2.24) is 19.8 Å². The van der Waals surface area contributed by atoms with Gasteiger partial charge in [0.15, 0.2) is 0 Å². The zero-order valence-corrected chi connectivity index (χ0v) is 16.7. The summed E-state index contributed by atoms with van der Waals surface area (Å²) in [5.41, 5.74) is 0. The molecule has 140 valence electrons. The number of halogens is 1. The number of morpholine rings is 1. The van der Waals surface area contributed by atoms with Crippen LogP contribution in [0.25, 0.3) is 0 Å². The van der Waals surface area contributed by atoms with Crippen LogP contribution in [0.2, 0.25) is 5.15 Å². The van der Waals surface area contributed by atoms with Crippen LogP contribution in [0.5, 0.6) is 0 Å². The average molecular weight is 386 g/mol. The summed E-state index contributed by atoms with van der Waals surface area (Å²) in [6.07, 6.45) is 6.60. The zero-order chi connectivity index (χ0) is 17.6. The van der Waals surface area contributed by atoms with Crippen LogP contribution in [0.1, 0.15) is 19.8 Å². The number of piperazine rings is 1. The molecular weight excluding hydrogens is 358 g/mol. The lowest BCUT2D eigenvalue weighted by Gasteiger charge is -2.47. The molecule has 3 rings (SSSR count). The molecule has 0 N–H and O–H groups in total. The van der Waals surface area contributed by atoms with Gasteiger partial charge in [0.2, 0.25) is 5.95 Å². The standard InChI is InChI=1S/C17H28ClN5OS/c1-3-4-5-21-6-7-23(15(13-21)22-8-10-24-11-9-22)17-19-12-14(25-2)16(18)20-17/h12,15H,3-11,13H2,1-2H3. The topological polar surface area (TPSA) is 44.7 Å². The van der Waals surface area contributed by atoms with Crippen molar-refractivity contribution in [2.24, 2.45) is 0 Å². The van der Waals surface area contributed by atoms with Crippen molar-refractivity contribution in [3.8, 4) is 0 Å². The van der Waals surface area contributed by atoms with Gasteiger partial charge in [-0.2, -0.15) is 4.98 Å². The number of aromatic nitrogens is 2. The fraction of sp³-hybridized carbons (Fsp3) is 0.765. The van der Waals surface area contributed by atoms with Crippen LogP contribution in [-0.4, -0.2) is 84.7 Å². The number of unbranched alkanes of at least 4 members (excludes halogenated alkanes) is 1. The molecule has 8 heteroatoms. The molecule has 2 saturated heterocycles. The highest BCUT2D eigenvalue weighted by atomic mass is 35.5. The number of nitrogens with zero attached hydrogens (tertiary/aromatic N) is 5. The lowest BCUT2D eigenvalue weighted by molar-refractivity contribution is 0.000343. The molecule has 0 radical (unpaired) electrons. The number of ether oxygens (including phenoxy) is 1. The molecule has 0 spiro atoms. The Morgan fingerprint density at radius 3 is 2.76 bits per heavy atom. The molecule has 25 heavy (non-hydrogen) atoms. The summed E-state index contributed by atoms with van der Waals surface area (Å²) in [5, 5.41) is 0.548. The lowest BCUT2D eigenvalue weighted by atomic mass is 10.2. The second-order valence-electron chi connectivity index (χ2n) is 6.51. The first-order valence-corrected chi connectivity index (χ1v) is 10.7. The summed E-state index contributed by atoms with van der Waals surface area (Å²) in [4.78, 5) is 17.5. The van der Waals surface area contributed by atoms with Crippen molar-refractivity contribution in [1.29, 1.82) is 0 Å². The molecule has 2 aliphatic rings. The maximum absolute atomic E-state index is 6.34. The Balaban J connectivity index is 1.78. The number of thioether (sulfide) groups is 1. The molecule has 1 unspecified atom stereocenters. The van der Waals surface area contributed by atoms with E-state index in [0.717, 1.165) is 63.3 Å². The smallest absolute Gasteiger partial charge is 0.228 e. The molecule has 0 saturated carbocycles. The third kappa shape index (κ3) is 4.77. The summed E-state index contributed by atoms with van der Waals surface area (Å²) >= 11 is 7.92. The van der Waals surface area contributed by atoms with Gasteiger partial charge in [0.1, 0.15) is 5.15 Å². The van der Waals surface area contributed by atoms with E-state index in [2.05, 4.69) is 31.6 Å². The molecule has 0 amide bonds. The lowest BCUT2D eigenvalue weighted by Crippen LogP contribution is -2.62. The molecule has 6 nitrogen and oxygen atoms in total. The second-order valence-corrected chi connectivity index (χ2v) is 7.71. The second kappa shape index (κ2) is 9.37. The van der Waals surface area contributed by atoms with Gasteiger partial charge in [-0.15, -0.1) is 11.8 Å². The van der Waals surface area contributed by atoms with Crippen molar-refractivity contribution in [2.45, 2.75) is 30.8 Å². The van der Waals surface area contributed by atoms with E-state index in [4.69, 9.17) is 16.3 Å². The van der Waals surface area contributed by atoms with Gasteiger partial charge in [-0.05, 0) is 19.2 Å². The van der Waals surface area contributed by atoms with Gasteiger partial charge in [0.05, 0.1) is 24.3 Å². The fourth-order valence-electron chi connectivity index (χ4n) is 3.44. The molecule has 0 aromatic carbocycles. The first-order chi connectivity index (χ1) is 12.2. The van der Waals surface area contributed by atoms with Crippen molar-refractivity contribution in [2.75, 3.05) is 63.6 Å². The zero-order valence-electron chi connectivity index (χ0n) is 15.2. The van der Waals surface area contributed by atoms with E-state index in [1.54, 1.807) is 11.8 Å². The van der Waals surface area contributed by atoms with Crippen molar-refractivity contribution >= 4 is 29.3 Å². The van der Waals surface area contributed by atoms with Crippen molar-refractivity contribution < 1.29 is 4.74 Å². The van der Waals surface area contributed by atoms with Crippen LogP contribution in [0.15, 0.2) is 11.1 Å². The molecule has 2 aliphatic heterocycles. The van der Waals surface area contributed by atoms with Crippen molar-refractivity contribution in [3.05, 3.63) is 11.3 Å². The fourth-order valence-corrected chi connectivity index (χ4v) is 4.17. The summed E-state index contributed by atoms with van der Waals surface area (Å²) in [5.74, 6) is 0.745. The minimum absolute atomic E-state index is 0.283. The Kier molecular flexibility index (Phi) is 7.18. The normalized spacial score (nSPS) is 23.2. The highest BCUT2D eigenvalue weighted by molar-refractivity contribution is 7.98. The van der Waals surface area contributed by atoms with Gasteiger partial charge in [0, 0.05) is 38.9 Å². The molecule has 3 heterocycles. The first-order valence-electron chi connectivity index (χ1n) is 9.10. The largest absolute Gasteiger partial charge is 0.379 e. The average Bonchev–Trinajstić information content (AvgIpc) is 2.67. The van der Waals surface area contributed by atoms with Crippen LogP contribution in [0, 0.1) is 0 Å². The van der Waals surface area contributed by atoms with Crippen LogP contribution >= 0.6 is 23.4 Å². The van der Waals surface area contributed by atoms with E-state index in [-0.39, 0.29) is 6.17 Å². The molecule has 0 bridgehead atoms. The number of rotatable bonds is 6. The van der Waals surface area contributed by atoms with E-state index < -0.39 is 0 Å². The highest BCUT2D eigenvalue weighted by Gasteiger charge is 2.33. The summed E-state index contributed by atoms with van der Waals surface area (Å²) in [6, 6.07) is 0.